The summed E-state index contributed by atoms with van der Waals surface area (Å²) in [6.45, 7) is 6.27. The lowest BCUT2D eigenvalue weighted by Crippen LogP contribution is -2.42. The Labute approximate surface area is 95.2 Å². The first kappa shape index (κ1) is 12.0. The Bertz CT molecular complexity index is 213. The molecule has 0 bridgehead atoms. The van der Waals surface area contributed by atoms with Crippen molar-refractivity contribution < 1.29 is 4.79 Å². The Morgan fingerprint density at radius 1 is 1.36 bits per heavy atom. The van der Waals surface area contributed by atoms with Crippen LogP contribution in [0, 0.1) is 11.8 Å². The zero-order valence-corrected chi connectivity index (χ0v) is 11.0. The van der Waals surface area contributed by atoms with Gasteiger partial charge < -0.3 is 4.90 Å². The van der Waals surface area contributed by atoms with Crippen LogP contribution in [0.2, 0.25) is 0 Å². The molecule has 0 aromatic carbocycles. The van der Waals surface area contributed by atoms with E-state index >= 15 is 0 Å². The van der Waals surface area contributed by atoms with Crippen molar-refractivity contribution in [1.29, 1.82) is 0 Å². The fourth-order valence-corrected chi connectivity index (χ4v) is 1.90. The van der Waals surface area contributed by atoms with E-state index in [9.17, 15) is 4.79 Å². The lowest BCUT2D eigenvalue weighted by molar-refractivity contribution is -0.132. The zero-order valence-electron chi connectivity index (χ0n) is 9.46. The first-order valence-corrected chi connectivity index (χ1v) is 6.27. The van der Waals surface area contributed by atoms with E-state index in [1.807, 2.05) is 11.9 Å². The molecule has 2 nitrogen and oxygen atoms in total. The van der Waals surface area contributed by atoms with Gasteiger partial charge in [-0.2, -0.15) is 0 Å². The van der Waals surface area contributed by atoms with E-state index in [4.69, 9.17) is 0 Å². The van der Waals surface area contributed by atoms with E-state index in [2.05, 4.69) is 36.7 Å². The van der Waals surface area contributed by atoms with Gasteiger partial charge in [-0.1, -0.05) is 29.8 Å². The number of carbonyl (C=O) groups excluding carboxylic acids is 1. The van der Waals surface area contributed by atoms with Crippen LogP contribution in [0.1, 0.15) is 33.6 Å². The van der Waals surface area contributed by atoms with Gasteiger partial charge >= 0.3 is 0 Å². The topological polar surface area (TPSA) is 20.3 Å². The van der Waals surface area contributed by atoms with E-state index in [-0.39, 0.29) is 10.7 Å². The van der Waals surface area contributed by atoms with E-state index in [0.717, 1.165) is 5.92 Å². The molecule has 0 aromatic heterocycles. The largest absolute Gasteiger partial charge is 0.342 e. The molecule has 82 valence electrons. The van der Waals surface area contributed by atoms with Crippen molar-refractivity contribution in [3.05, 3.63) is 0 Å². The monoisotopic (exact) mass is 261 g/mol. The number of hydrogen-bond donors (Lipinski definition) is 0. The predicted molar refractivity (Wildman–Crippen MR) is 62.5 cm³/mol. The number of carbonyl (C=O) groups is 1. The highest BCUT2D eigenvalue weighted by Crippen LogP contribution is 2.35. The fraction of sp³-hybridized carbons (Fsp3) is 0.909. The average Bonchev–Trinajstić information content (AvgIpc) is 2.96. The normalized spacial score (nSPS) is 20.7. The molecule has 0 saturated heterocycles. The van der Waals surface area contributed by atoms with E-state index in [1.54, 1.807) is 0 Å². The second kappa shape index (κ2) is 4.65. The molecule has 0 N–H and O–H groups in total. The molecule has 1 saturated carbocycles. The summed E-state index contributed by atoms with van der Waals surface area (Å²) in [5.41, 5.74) is 0. The highest BCUT2D eigenvalue weighted by Gasteiger charge is 2.34. The molecule has 14 heavy (non-hydrogen) atoms. The van der Waals surface area contributed by atoms with Crippen LogP contribution in [-0.2, 0) is 4.79 Å². The van der Waals surface area contributed by atoms with Crippen LogP contribution in [0.3, 0.4) is 0 Å². The Balaban J connectivity index is 2.50. The summed E-state index contributed by atoms with van der Waals surface area (Å²) in [6, 6.07) is 0.404. The fourth-order valence-electron chi connectivity index (χ4n) is 1.58. The Morgan fingerprint density at radius 3 is 2.21 bits per heavy atom. The first-order valence-electron chi connectivity index (χ1n) is 5.36. The van der Waals surface area contributed by atoms with Crippen molar-refractivity contribution in [3.63, 3.8) is 0 Å². The molecule has 0 aromatic rings. The average molecular weight is 262 g/mol. The van der Waals surface area contributed by atoms with Crippen LogP contribution in [0.25, 0.3) is 0 Å². The van der Waals surface area contributed by atoms with E-state index < -0.39 is 0 Å². The van der Waals surface area contributed by atoms with Crippen molar-refractivity contribution in [2.24, 2.45) is 11.8 Å². The molecular formula is C11H20BrNO. The van der Waals surface area contributed by atoms with Crippen molar-refractivity contribution in [3.8, 4) is 0 Å². The molecule has 2 unspecified atom stereocenters. The maximum absolute atomic E-state index is 11.9. The van der Waals surface area contributed by atoms with Gasteiger partial charge in [0, 0.05) is 13.1 Å². The molecule has 0 spiro atoms. The SMILES string of the molecule is CC(C)C(Br)C(=O)N(C)C(C)C1CC1. The molecule has 2 atom stereocenters. The smallest absolute Gasteiger partial charge is 0.236 e. The maximum atomic E-state index is 11.9. The standard InChI is InChI=1S/C11H20BrNO/c1-7(2)10(12)11(14)13(4)8(3)9-5-6-9/h7-10H,5-6H2,1-4H3. The number of hydrogen-bond acceptors (Lipinski definition) is 1. The van der Waals surface area contributed by atoms with Crippen LogP contribution in [-0.4, -0.2) is 28.7 Å². The first-order chi connectivity index (χ1) is 6.45. The minimum atomic E-state index is -0.0336. The van der Waals surface area contributed by atoms with Crippen LogP contribution in [0.4, 0.5) is 0 Å². The summed E-state index contributed by atoms with van der Waals surface area (Å²) in [7, 11) is 1.92. The predicted octanol–water partition coefficient (Wildman–Crippen LogP) is 2.66. The number of halogens is 1. The van der Waals surface area contributed by atoms with E-state index in [0.29, 0.717) is 12.0 Å². The zero-order chi connectivity index (χ0) is 10.9. The highest BCUT2D eigenvalue weighted by atomic mass is 79.9. The molecular weight excluding hydrogens is 242 g/mol. The van der Waals surface area contributed by atoms with Crippen molar-refractivity contribution in [2.45, 2.75) is 44.5 Å². The molecule has 1 amide bonds. The lowest BCUT2D eigenvalue weighted by atomic mass is 10.1. The van der Waals surface area contributed by atoms with Gasteiger partial charge in [0.2, 0.25) is 5.91 Å². The van der Waals surface area contributed by atoms with Crippen molar-refractivity contribution >= 4 is 21.8 Å². The Morgan fingerprint density at radius 2 is 1.86 bits per heavy atom. The number of alkyl halides is 1. The summed E-state index contributed by atoms with van der Waals surface area (Å²) in [6.07, 6.45) is 2.57. The number of nitrogens with zero attached hydrogens (tertiary/aromatic N) is 1. The molecule has 1 fully saturated rings. The molecule has 1 rings (SSSR count). The maximum Gasteiger partial charge on any atom is 0.236 e. The summed E-state index contributed by atoms with van der Waals surface area (Å²) >= 11 is 3.45. The molecule has 3 heteroatoms. The molecule has 1 aliphatic rings. The van der Waals surface area contributed by atoms with Gasteiger partial charge in [0.1, 0.15) is 0 Å². The Kier molecular flexibility index (Phi) is 3.99. The van der Waals surface area contributed by atoms with Gasteiger partial charge in [-0.05, 0) is 31.6 Å². The second-order valence-corrected chi connectivity index (χ2v) is 5.66. The quantitative estimate of drug-likeness (QED) is 0.713. The second-order valence-electron chi connectivity index (χ2n) is 4.67. The third-order valence-corrected chi connectivity index (χ3v) is 4.53. The summed E-state index contributed by atoms with van der Waals surface area (Å²) in [5, 5.41) is 0. The van der Waals surface area contributed by atoms with Gasteiger partial charge in [-0.15, -0.1) is 0 Å². The van der Waals surface area contributed by atoms with Crippen LogP contribution in [0.15, 0.2) is 0 Å². The van der Waals surface area contributed by atoms with Crippen LogP contribution >= 0.6 is 15.9 Å². The van der Waals surface area contributed by atoms with Gasteiger partial charge in [-0.25, -0.2) is 0 Å². The summed E-state index contributed by atoms with van der Waals surface area (Å²) < 4.78 is 0. The third kappa shape index (κ3) is 2.72. The van der Waals surface area contributed by atoms with Gasteiger partial charge in [0.15, 0.2) is 0 Å². The van der Waals surface area contributed by atoms with Crippen molar-refractivity contribution in [1.82, 2.24) is 4.90 Å². The number of amides is 1. The van der Waals surface area contributed by atoms with Gasteiger partial charge in [-0.3, -0.25) is 4.79 Å². The van der Waals surface area contributed by atoms with Gasteiger partial charge in [0.05, 0.1) is 4.83 Å². The molecule has 0 aliphatic heterocycles. The molecule has 0 heterocycles. The third-order valence-electron chi connectivity index (χ3n) is 3.08. The van der Waals surface area contributed by atoms with Crippen LogP contribution in [0.5, 0.6) is 0 Å². The van der Waals surface area contributed by atoms with Crippen LogP contribution < -0.4 is 0 Å². The van der Waals surface area contributed by atoms with E-state index in [1.165, 1.54) is 12.8 Å². The van der Waals surface area contributed by atoms with Gasteiger partial charge in [0.25, 0.3) is 0 Å². The number of rotatable bonds is 4. The highest BCUT2D eigenvalue weighted by molar-refractivity contribution is 9.10. The minimum Gasteiger partial charge on any atom is -0.342 e. The molecule has 1 aliphatic carbocycles. The lowest BCUT2D eigenvalue weighted by Gasteiger charge is -2.28. The molecule has 0 radical (unpaired) electrons. The minimum absolute atomic E-state index is 0.0336. The summed E-state index contributed by atoms with van der Waals surface area (Å²) in [5.74, 6) is 1.33. The Hall–Kier alpha value is -0.0500. The van der Waals surface area contributed by atoms with Crippen molar-refractivity contribution in [2.75, 3.05) is 7.05 Å². The summed E-state index contributed by atoms with van der Waals surface area (Å²) in [4.78, 5) is 13.8.